The third-order valence-corrected chi connectivity index (χ3v) is 24.5. The Balaban J connectivity index is 1.00. The fraction of sp³-hybridized carbons (Fsp3) is 0.327. The van der Waals surface area contributed by atoms with Gasteiger partial charge in [-0.1, -0.05) is 284 Å². The van der Waals surface area contributed by atoms with Gasteiger partial charge in [0.15, 0.2) is 0 Å². The number of aromatic nitrogens is 1. The van der Waals surface area contributed by atoms with Crippen molar-refractivity contribution in [1.82, 2.24) is 4.57 Å². The van der Waals surface area contributed by atoms with Crippen LogP contribution in [0.3, 0.4) is 0 Å². The highest BCUT2D eigenvalue weighted by atomic mass is 15.2. The summed E-state index contributed by atoms with van der Waals surface area (Å²) in [6.07, 6.45) is 4.73. The Bertz CT molecular complexity index is 5050. The molecule has 1 aromatic heterocycles. The van der Waals surface area contributed by atoms with Gasteiger partial charge in [0, 0.05) is 44.9 Å². The molecule has 4 aliphatic rings. The Morgan fingerprint density at radius 2 is 0.647 bits per heavy atom. The summed E-state index contributed by atoms with van der Waals surface area (Å²) in [6.45, 7) is 47.6. The van der Waals surface area contributed by atoms with Crippen LogP contribution in [-0.4, -0.2) is 11.3 Å². The maximum atomic E-state index is 2.65. The Hall–Kier alpha value is -9.12. The van der Waals surface area contributed by atoms with Gasteiger partial charge in [-0.15, -0.1) is 0 Å². The van der Waals surface area contributed by atoms with Gasteiger partial charge in [-0.2, -0.15) is 0 Å². The topological polar surface area (TPSA) is 11.4 Å². The molecule has 0 saturated heterocycles. The quantitative estimate of drug-likeness (QED) is 0.147. The first-order valence-electron chi connectivity index (χ1n) is 37.9. The van der Waals surface area contributed by atoms with E-state index in [1.807, 2.05) is 0 Å². The number of nitrogens with zero attached hydrogens (tertiary/aromatic N) is 3. The molecule has 514 valence electrons. The molecule has 0 bridgehead atoms. The standard InChI is InChI=1S/C98H104BN3/c1-91(2,3)67-37-47-84-74(57-67)75-58-68(92(4,5)6)38-48-85(75)102(84)71-59-88-90-89(60-71)101(70-41-31-62(32-42-70)64-34-44-79-81(54-64)98(19,20)52-50-96(79,15)16)87-56-66(73-26-22-24-28-77(73)94(10,11)12)36-46-83(87)99(90)82-45-35-65(72-25-21-23-27-76(72)93(7,8)9)55-86(82)100(88)69-39-29-61(30-40-69)63-33-43-78-80(53-63)97(17,18)51-49-95(78,13)14/h21-48,53-60H,49-52H2,1-20H3. The molecule has 102 heavy (non-hydrogen) atoms. The molecule has 0 fully saturated rings. The molecule has 0 amide bonds. The van der Waals surface area contributed by atoms with E-state index in [2.05, 4.69) is 371 Å². The molecular formula is C98H104BN3. The van der Waals surface area contributed by atoms with Crippen molar-refractivity contribution >= 4 is 79.0 Å². The number of hydrogen-bond acceptors (Lipinski definition) is 2. The Morgan fingerprint density at radius 3 is 1.02 bits per heavy atom. The predicted molar refractivity (Wildman–Crippen MR) is 442 cm³/mol. The summed E-state index contributed by atoms with van der Waals surface area (Å²) in [5.74, 6) is 0. The first kappa shape index (κ1) is 67.4. The lowest BCUT2D eigenvalue weighted by atomic mass is 9.33. The van der Waals surface area contributed by atoms with Crippen molar-refractivity contribution in [3.63, 3.8) is 0 Å². The molecule has 2 aliphatic carbocycles. The van der Waals surface area contributed by atoms with Gasteiger partial charge in [-0.3, -0.25) is 0 Å². The first-order chi connectivity index (χ1) is 48.1. The average Bonchev–Trinajstić information content (AvgIpc) is 0.971. The van der Waals surface area contributed by atoms with Crippen molar-refractivity contribution < 1.29 is 0 Å². The Kier molecular flexibility index (Phi) is 15.3. The summed E-state index contributed by atoms with van der Waals surface area (Å²) in [4.78, 5) is 5.31. The van der Waals surface area contributed by atoms with E-state index in [9.17, 15) is 0 Å². The summed E-state index contributed by atoms with van der Waals surface area (Å²) < 4.78 is 2.60. The van der Waals surface area contributed by atoms with E-state index >= 15 is 0 Å². The second-order valence-corrected chi connectivity index (χ2v) is 37.6. The van der Waals surface area contributed by atoms with Crippen molar-refractivity contribution in [3.05, 3.63) is 263 Å². The van der Waals surface area contributed by atoms with Gasteiger partial charge >= 0.3 is 0 Å². The third kappa shape index (κ3) is 11.1. The van der Waals surface area contributed by atoms with E-state index in [1.54, 1.807) is 0 Å². The molecule has 0 unspecified atom stereocenters. The van der Waals surface area contributed by atoms with E-state index in [0.29, 0.717) is 0 Å². The highest BCUT2D eigenvalue weighted by Crippen LogP contribution is 2.53. The van der Waals surface area contributed by atoms with Gasteiger partial charge in [0.1, 0.15) is 0 Å². The Labute approximate surface area is 610 Å². The van der Waals surface area contributed by atoms with Crippen LogP contribution in [0.2, 0.25) is 0 Å². The van der Waals surface area contributed by atoms with Gasteiger partial charge in [0.05, 0.1) is 16.7 Å². The summed E-state index contributed by atoms with van der Waals surface area (Å²) in [5, 5.41) is 2.55. The largest absolute Gasteiger partial charge is 0.311 e. The van der Waals surface area contributed by atoms with Crippen LogP contribution in [-0.2, 0) is 43.3 Å². The van der Waals surface area contributed by atoms with E-state index in [-0.39, 0.29) is 50.0 Å². The number of benzene rings is 11. The number of rotatable bonds is 7. The van der Waals surface area contributed by atoms with Crippen molar-refractivity contribution in [2.24, 2.45) is 0 Å². The minimum Gasteiger partial charge on any atom is -0.311 e. The lowest BCUT2D eigenvalue weighted by molar-refractivity contribution is 0.332. The van der Waals surface area contributed by atoms with Crippen LogP contribution in [0.4, 0.5) is 34.1 Å². The predicted octanol–water partition coefficient (Wildman–Crippen LogP) is 25.4. The van der Waals surface area contributed by atoms with E-state index in [4.69, 9.17) is 0 Å². The normalized spacial score (nSPS) is 16.5. The van der Waals surface area contributed by atoms with Gasteiger partial charge < -0.3 is 14.4 Å². The zero-order valence-electron chi connectivity index (χ0n) is 64.5. The molecule has 4 heteroatoms. The van der Waals surface area contributed by atoms with Crippen LogP contribution < -0.4 is 26.2 Å². The van der Waals surface area contributed by atoms with Crippen LogP contribution in [0, 0.1) is 0 Å². The monoisotopic (exact) mass is 1330 g/mol. The highest BCUT2D eigenvalue weighted by molar-refractivity contribution is 7.00. The summed E-state index contributed by atoms with van der Waals surface area (Å²) in [7, 11) is 0. The molecule has 3 heterocycles. The van der Waals surface area contributed by atoms with E-state index in [0.717, 1.165) is 17.1 Å². The molecule has 2 aliphatic heterocycles. The number of fused-ring (bicyclic) bond motifs is 9. The molecule has 12 aromatic rings. The third-order valence-electron chi connectivity index (χ3n) is 24.5. The molecule has 11 aromatic carbocycles. The molecule has 0 N–H and O–H groups in total. The molecule has 0 radical (unpaired) electrons. The molecule has 16 rings (SSSR count). The maximum absolute atomic E-state index is 2.65. The van der Waals surface area contributed by atoms with Gasteiger partial charge in [0.25, 0.3) is 6.71 Å². The van der Waals surface area contributed by atoms with Crippen LogP contribution in [0.5, 0.6) is 0 Å². The second kappa shape index (κ2) is 23.2. The van der Waals surface area contributed by atoms with E-state index < -0.39 is 0 Å². The lowest BCUT2D eigenvalue weighted by Gasteiger charge is -2.45. The van der Waals surface area contributed by atoms with Crippen molar-refractivity contribution in [3.8, 4) is 50.2 Å². The molecule has 0 spiro atoms. The summed E-state index contributed by atoms with van der Waals surface area (Å²) in [5.41, 5.74) is 35.7. The average molecular weight is 1330 g/mol. The van der Waals surface area contributed by atoms with E-state index in [1.165, 1.54) is 176 Å². The van der Waals surface area contributed by atoms with Crippen LogP contribution in [0.15, 0.2) is 218 Å². The first-order valence-corrected chi connectivity index (χ1v) is 37.9. The smallest absolute Gasteiger partial charge is 0.252 e. The van der Waals surface area contributed by atoms with Gasteiger partial charge in [-0.25, -0.2) is 0 Å². The minimum atomic E-state index is -0.132. The number of hydrogen-bond donors (Lipinski definition) is 0. The number of anilines is 6. The van der Waals surface area contributed by atoms with Crippen molar-refractivity contribution in [1.29, 1.82) is 0 Å². The SMILES string of the molecule is CC(C)(C)c1ccc2c(c1)c1cc(C(C)(C)C)ccc1n2-c1cc2c3c(c1)N(c1ccc(-c4ccc5c(c4)C(C)(C)CCC5(C)C)cc1)c1cc(-c4ccccc4C(C)(C)C)ccc1B3c1ccc(-c3ccccc3C(C)(C)C)cc1N2c1ccc(-c2ccc3c(c2)C(C)(C)CCC3(C)C)cc1. The summed E-state index contributed by atoms with van der Waals surface area (Å²) >= 11 is 0. The molecule has 0 atom stereocenters. The van der Waals surface area contributed by atoms with Crippen molar-refractivity contribution in [2.75, 3.05) is 9.80 Å². The zero-order valence-corrected chi connectivity index (χ0v) is 64.5. The lowest BCUT2D eigenvalue weighted by Crippen LogP contribution is -2.61. The molecule has 3 nitrogen and oxygen atoms in total. The zero-order chi connectivity index (χ0) is 71.9. The van der Waals surface area contributed by atoms with Crippen molar-refractivity contribution in [2.45, 2.75) is 207 Å². The summed E-state index contributed by atoms with van der Waals surface area (Å²) in [6, 6.07) is 86.9. The molecule has 0 saturated carbocycles. The van der Waals surface area contributed by atoms with Crippen LogP contribution in [0.1, 0.15) is 209 Å². The van der Waals surface area contributed by atoms with Gasteiger partial charge in [-0.05, 0) is 247 Å². The second-order valence-electron chi connectivity index (χ2n) is 37.6. The highest BCUT2D eigenvalue weighted by Gasteiger charge is 2.46. The molecular weight excluding hydrogens is 1230 g/mol. The maximum Gasteiger partial charge on any atom is 0.252 e. The fourth-order valence-corrected chi connectivity index (χ4v) is 18.2. The van der Waals surface area contributed by atoms with Gasteiger partial charge in [0.2, 0.25) is 0 Å². The van der Waals surface area contributed by atoms with Crippen LogP contribution >= 0.6 is 0 Å². The Morgan fingerprint density at radius 1 is 0.294 bits per heavy atom. The fourth-order valence-electron chi connectivity index (χ4n) is 18.2. The minimum absolute atomic E-state index is 0.0541. The van der Waals surface area contributed by atoms with Crippen LogP contribution in [0.25, 0.3) is 72.0 Å².